The Morgan fingerprint density at radius 1 is 1.26 bits per heavy atom. The van der Waals surface area contributed by atoms with Gasteiger partial charge in [0, 0.05) is 19.6 Å². The van der Waals surface area contributed by atoms with Crippen molar-refractivity contribution in [3.05, 3.63) is 29.6 Å². The van der Waals surface area contributed by atoms with E-state index in [1.54, 1.807) is 11.1 Å². The molecule has 2 atom stereocenters. The van der Waals surface area contributed by atoms with Gasteiger partial charge in [-0.05, 0) is 47.4 Å². The van der Waals surface area contributed by atoms with Gasteiger partial charge in [-0.15, -0.1) is 0 Å². The van der Waals surface area contributed by atoms with Gasteiger partial charge in [-0.2, -0.15) is 0 Å². The summed E-state index contributed by atoms with van der Waals surface area (Å²) >= 11 is 0. The molecule has 1 aromatic carbocycles. The number of fused-ring (bicyclic) bond motifs is 6. The van der Waals surface area contributed by atoms with Crippen molar-refractivity contribution in [3.63, 3.8) is 0 Å². The number of benzene rings is 1. The van der Waals surface area contributed by atoms with Gasteiger partial charge < -0.3 is 9.88 Å². The normalized spacial score (nSPS) is 25.2. The quantitative estimate of drug-likeness (QED) is 0.894. The topological polar surface area (TPSA) is 29.9 Å². The Morgan fingerprint density at radius 3 is 2.74 bits per heavy atom. The summed E-state index contributed by atoms with van der Waals surface area (Å²) in [5.41, 5.74) is 5.62. The lowest BCUT2D eigenvalue weighted by Gasteiger charge is -2.19. The third-order valence-corrected chi connectivity index (χ3v) is 4.62. The number of imidazole rings is 1. The van der Waals surface area contributed by atoms with Gasteiger partial charge in [0.1, 0.15) is 0 Å². The summed E-state index contributed by atoms with van der Waals surface area (Å²) in [4.78, 5) is 4.61. The monoisotopic (exact) mass is 255 g/mol. The van der Waals surface area contributed by atoms with Crippen LogP contribution < -0.4 is 5.32 Å². The fourth-order valence-corrected chi connectivity index (χ4v) is 3.80. The SMILES string of the molecule is CC(C)Cn1cnc2cc3c(cc21)C1CNCC3C1. The second-order valence-corrected chi connectivity index (χ2v) is 6.55. The second kappa shape index (κ2) is 4.07. The van der Waals surface area contributed by atoms with E-state index in [0.29, 0.717) is 11.8 Å². The molecule has 0 saturated carbocycles. The molecular formula is C16H21N3. The number of piperidine rings is 1. The highest BCUT2D eigenvalue weighted by molar-refractivity contribution is 5.78. The lowest BCUT2D eigenvalue weighted by atomic mass is 9.98. The summed E-state index contributed by atoms with van der Waals surface area (Å²) in [6, 6.07) is 4.76. The molecule has 19 heavy (non-hydrogen) atoms. The lowest BCUT2D eigenvalue weighted by molar-refractivity contribution is 0.454. The van der Waals surface area contributed by atoms with E-state index in [1.165, 1.54) is 17.5 Å². The first-order chi connectivity index (χ1) is 9.22. The predicted octanol–water partition coefficient (Wildman–Crippen LogP) is 2.87. The van der Waals surface area contributed by atoms with Gasteiger partial charge in [0.2, 0.25) is 0 Å². The van der Waals surface area contributed by atoms with Crippen molar-refractivity contribution in [2.75, 3.05) is 13.1 Å². The van der Waals surface area contributed by atoms with E-state index in [4.69, 9.17) is 0 Å². The van der Waals surface area contributed by atoms with Crippen LogP contribution in [-0.4, -0.2) is 22.6 Å². The molecule has 2 bridgehead atoms. The maximum Gasteiger partial charge on any atom is 0.0958 e. The zero-order valence-corrected chi connectivity index (χ0v) is 11.7. The van der Waals surface area contributed by atoms with E-state index < -0.39 is 0 Å². The predicted molar refractivity (Wildman–Crippen MR) is 77.5 cm³/mol. The fraction of sp³-hybridized carbons (Fsp3) is 0.562. The van der Waals surface area contributed by atoms with Crippen LogP contribution in [0.3, 0.4) is 0 Å². The second-order valence-electron chi connectivity index (χ2n) is 6.55. The standard InChI is InChI=1S/C16H21N3/c1-10(2)8-19-9-18-15-4-13-11-3-12(7-17-6-11)14(13)5-16(15)19/h4-5,9-12,17H,3,6-8H2,1-2H3. The Labute approximate surface area is 114 Å². The van der Waals surface area contributed by atoms with Crippen LogP contribution >= 0.6 is 0 Å². The molecule has 3 nitrogen and oxygen atoms in total. The zero-order valence-electron chi connectivity index (χ0n) is 11.7. The van der Waals surface area contributed by atoms with Gasteiger partial charge in [0.05, 0.1) is 17.4 Å². The van der Waals surface area contributed by atoms with Crippen LogP contribution in [-0.2, 0) is 6.54 Å². The highest BCUT2D eigenvalue weighted by Gasteiger charge is 2.34. The molecule has 4 rings (SSSR count). The first-order valence-corrected chi connectivity index (χ1v) is 7.41. The molecule has 2 aromatic rings. The van der Waals surface area contributed by atoms with Crippen molar-refractivity contribution in [1.82, 2.24) is 14.9 Å². The molecule has 0 radical (unpaired) electrons. The fourth-order valence-electron chi connectivity index (χ4n) is 3.80. The summed E-state index contributed by atoms with van der Waals surface area (Å²) in [6.45, 7) is 7.86. The number of nitrogens with zero attached hydrogens (tertiary/aromatic N) is 2. The van der Waals surface area contributed by atoms with E-state index in [1.807, 2.05) is 6.33 Å². The van der Waals surface area contributed by atoms with Crippen LogP contribution in [0.15, 0.2) is 18.5 Å². The summed E-state index contributed by atoms with van der Waals surface area (Å²) in [5, 5.41) is 3.56. The van der Waals surface area contributed by atoms with Gasteiger partial charge in [-0.1, -0.05) is 13.8 Å². The number of nitrogens with one attached hydrogen (secondary N) is 1. The number of rotatable bonds is 2. The van der Waals surface area contributed by atoms with E-state index in [0.717, 1.165) is 25.6 Å². The molecule has 2 aliphatic rings. The van der Waals surface area contributed by atoms with Gasteiger partial charge >= 0.3 is 0 Å². The maximum absolute atomic E-state index is 4.61. The number of hydrogen-bond acceptors (Lipinski definition) is 2. The third-order valence-electron chi connectivity index (χ3n) is 4.62. The minimum absolute atomic E-state index is 0.659. The van der Waals surface area contributed by atoms with E-state index >= 15 is 0 Å². The molecule has 2 unspecified atom stereocenters. The largest absolute Gasteiger partial charge is 0.330 e. The van der Waals surface area contributed by atoms with E-state index in [9.17, 15) is 0 Å². The smallest absolute Gasteiger partial charge is 0.0958 e. The van der Waals surface area contributed by atoms with Crippen molar-refractivity contribution in [2.24, 2.45) is 5.92 Å². The number of hydrogen-bond donors (Lipinski definition) is 1. The van der Waals surface area contributed by atoms with Crippen LogP contribution in [0.1, 0.15) is 43.2 Å². The zero-order chi connectivity index (χ0) is 13.0. The summed E-state index contributed by atoms with van der Waals surface area (Å²) in [6.07, 6.45) is 3.34. The third kappa shape index (κ3) is 1.71. The van der Waals surface area contributed by atoms with Crippen LogP contribution in [0.4, 0.5) is 0 Å². The van der Waals surface area contributed by atoms with Crippen molar-refractivity contribution < 1.29 is 0 Å². The summed E-state index contributed by atoms with van der Waals surface area (Å²) in [7, 11) is 0. The number of aromatic nitrogens is 2. The molecule has 1 aliphatic heterocycles. The molecule has 1 fully saturated rings. The van der Waals surface area contributed by atoms with Crippen molar-refractivity contribution in [1.29, 1.82) is 0 Å². The Hall–Kier alpha value is -1.35. The van der Waals surface area contributed by atoms with Gasteiger partial charge in [0.25, 0.3) is 0 Å². The Balaban J connectivity index is 1.86. The molecule has 100 valence electrons. The molecule has 1 aliphatic carbocycles. The van der Waals surface area contributed by atoms with Gasteiger partial charge in [0.15, 0.2) is 0 Å². The average Bonchev–Trinajstić information content (AvgIpc) is 2.89. The van der Waals surface area contributed by atoms with Crippen molar-refractivity contribution in [3.8, 4) is 0 Å². The minimum atomic E-state index is 0.659. The van der Waals surface area contributed by atoms with Crippen LogP contribution in [0.25, 0.3) is 11.0 Å². The maximum atomic E-state index is 4.61. The Morgan fingerprint density at radius 2 is 2.00 bits per heavy atom. The molecule has 1 saturated heterocycles. The van der Waals surface area contributed by atoms with Crippen LogP contribution in [0.5, 0.6) is 0 Å². The minimum Gasteiger partial charge on any atom is -0.330 e. The molecule has 1 N–H and O–H groups in total. The van der Waals surface area contributed by atoms with Crippen LogP contribution in [0, 0.1) is 5.92 Å². The molecular weight excluding hydrogens is 234 g/mol. The molecule has 0 spiro atoms. The summed E-state index contributed by atoms with van der Waals surface area (Å²) < 4.78 is 2.32. The van der Waals surface area contributed by atoms with Crippen molar-refractivity contribution >= 4 is 11.0 Å². The van der Waals surface area contributed by atoms with E-state index in [-0.39, 0.29) is 0 Å². The molecule has 2 heterocycles. The van der Waals surface area contributed by atoms with Gasteiger partial charge in [-0.3, -0.25) is 0 Å². The molecule has 0 amide bonds. The van der Waals surface area contributed by atoms with Crippen LogP contribution in [0.2, 0.25) is 0 Å². The lowest BCUT2D eigenvalue weighted by Crippen LogP contribution is -2.28. The van der Waals surface area contributed by atoms with Gasteiger partial charge in [-0.25, -0.2) is 4.98 Å². The molecule has 1 aromatic heterocycles. The summed E-state index contributed by atoms with van der Waals surface area (Å²) in [5.74, 6) is 2.10. The first kappa shape index (κ1) is 11.5. The first-order valence-electron chi connectivity index (χ1n) is 7.41. The van der Waals surface area contributed by atoms with E-state index in [2.05, 4.69) is 40.8 Å². The molecule has 3 heteroatoms. The highest BCUT2D eigenvalue weighted by atomic mass is 15.0. The average molecular weight is 255 g/mol. The Kier molecular flexibility index (Phi) is 2.46. The van der Waals surface area contributed by atoms with Crippen molar-refractivity contribution in [2.45, 2.75) is 38.6 Å². The highest BCUT2D eigenvalue weighted by Crippen LogP contribution is 2.44. The Bertz CT molecular complexity index is 626.